The predicted molar refractivity (Wildman–Crippen MR) is 228 cm³/mol. The number of rotatable bonds is 14. The van der Waals surface area contributed by atoms with Gasteiger partial charge in [0.15, 0.2) is 0 Å². The average Bonchev–Trinajstić information content (AvgIpc) is 3.46. The first-order chi connectivity index (χ1) is 29.0. The quantitative estimate of drug-likeness (QED) is 0.0678. The minimum absolute atomic E-state index is 0.0587. The van der Waals surface area contributed by atoms with Gasteiger partial charge in [-0.2, -0.15) is 4.98 Å². The number of carbonyl (C=O) groups is 4. The van der Waals surface area contributed by atoms with E-state index in [4.69, 9.17) is 0 Å². The molecule has 3 aliphatic rings. The van der Waals surface area contributed by atoms with Gasteiger partial charge in [0.1, 0.15) is 23.5 Å². The van der Waals surface area contributed by atoms with Crippen molar-refractivity contribution in [1.82, 2.24) is 25.1 Å². The van der Waals surface area contributed by atoms with Crippen molar-refractivity contribution >= 4 is 68.2 Å². The number of aryl methyl sites for hydroxylation is 1. The van der Waals surface area contributed by atoms with E-state index in [1.54, 1.807) is 43.5 Å². The van der Waals surface area contributed by atoms with Crippen LogP contribution < -0.4 is 26.0 Å². The van der Waals surface area contributed by atoms with Crippen molar-refractivity contribution in [3.8, 4) is 0 Å². The van der Waals surface area contributed by atoms with Crippen molar-refractivity contribution in [3.05, 3.63) is 94.7 Å². The standard InChI is InChI=1S/C43H49F2N9O6S/c1-25-24-47-42(51-38(25)48-28-11-13-31(44)34(23-28)52-61(59,60)43(2,3)4)49-27-10-12-29(32(45)22-27)26-16-20-53(21-17-26)19-6-5-18-46-33-9-7-8-30-37(33)41(58)54(40(30)57)35-14-15-36(55)50-39(35)56/h7-13,22-24,26,35,46,52H,5-6,14-21H2,1-4H3,(H,50,55,56)(H2,47,48,49,51). The highest BCUT2D eigenvalue weighted by atomic mass is 32.2. The smallest absolute Gasteiger partial charge is 0.264 e. The van der Waals surface area contributed by atoms with Gasteiger partial charge in [-0.05, 0) is 133 Å². The summed E-state index contributed by atoms with van der Waals surface area (Å²) in [6.07, 6.45) is 5.04. The van der Waals surface area contributed by atoms with Gasteiger partial charge in [0.2, 0.25) is 27.8 Å². The molecule has 0 bridgehead atoms. The first-order valence-corrected chi connectivity index (χ1v) is 21.8. The van der Waals surface area contributed by atoms with Crippen molar-refractivity contribution in [2.45, 2.75) is 82.9 Å². The SMILES string of the molecule is Cc1cnc(Nc2ccc(C3CCN(CCCCNc4cccc5c4C(=O)N(C4CCC(=O)NC4=O)C5=O)CC3)c(F)c2)nc1Nc1ccc(F)c(NS(=O)(=O)C(C)(C)C)c1. The van der Waals surface area contributed by atoms with Crippen LogP contribution in [0.5, 0.6) is 0 Å². The van der Waals surface area contributed by atoms with Crippen LogP contribution in [0.15, 0.2) is 60.8 Å². The maximum absolute atomic E-state index is 15.6. The Bertz CT molecular complexity index is 2490. The third kappa shape index (κ3) is 9.49. The highest BCUT2D eigenvalue weighted by Gasteiger charge is 2.45. The van der Waals surface area contributed by atoms with Crippen LogP contribution in [0.25, 0.3) is 0 Å². The molecule has 0 saturated carbocycles. The zero-order chi connectivity index (χ0) is 43.6. The Morgan fingerprint density at radius 1 is 0.869 bits per heavy atom. The zero-order valence-corrected chi connectivity index (χ0v) is 35.2. The monoisotopic (exact) mass is 857 g/mol. The molecule has 3 aliphatic heterocycles. The van der Waals surface area contributed by atoms with Gasteiger partial charge in [-0.25, -0.2) is 22.2 Å². The van der Waals surface area contributed by atoms with Crippen molar-refractivity contribution in [1.29, 1.82) is 0 Å². The normalized spacial score (nSPS) is 17.6. The number of nitrogens with one attached hydrogen (secondary N) is 5. The van der Waals surface area contributed by atoms with Crippen molar-refractivity contribution in [2.24, 2.45) is 0 Å². The number of anilines is 6. The summed E-state index contributed by atoms with van der Waals surface area (Å²) in [6.45, 7) is 9.41. The fraction of sp³-hybridized carbons (Fsp3) is 0.395. The molecule has 1 atom stereocenters. The first kappa shape index (κ1) is 43.1. The summed E-state index contributed by atoms with van der Waals surface area (Å²) in [5.74, 6) is -2.55. The van der Waals surface area contributed by atoms with E-state index in [-0.39, 0.29) is 47.3 Å². The topological polar surface area (TPSA) is 195 Å². The number of likely N-dealkylation sites (tertiary alicyclic amines) is 1. The largest absolute Gasteiger partial charge is 0.384 e. The molecule has 2 fully saturated rings. The number of hydrogen-bond acceptors (Lipinski definition) is 12. The summed E-state index contributed by atoms with van der Waals surface area (Å²) in [4.78, 5) is 62.7. The fourth-order valence-corrected chi connectivity index (χ4v) is 8.38. The first-order valence-electron chi connectivity index (χ1n) is 20.3. The van der Waals surface area contributed by atoms with E-state index in [2.05, 4.69) is 40.9 Å². The lowest BCUT2D eigenvalue weighted by atomic mass is 9.89. The van der Waals surface area contributed by atoms with E-state index in [1.807, 2.05) is 0 Å². The minimum Gasteiger partial charge on any atom is -0.384 e. The molecular formula is C43H49F2N9O6S. The van der Waals surface area contributed by atoms with Crippen molar-refractivity contribution < 1.29 is 36.4 Å². The maximum atomic E-state index is 15.6. The average molecular weight is 858 g/mol. The number of amides is 4. The fourth-order valence-electron chi connectivity index (χ4n) is 7.62. The molecule has 0 spiro atoms. The summed E-state index contributed by atoms with van der Waals surface area (Å²) >= 11 is 0. The van der Waals surface area contributed by atoms with Gasteiger partial charge in [-0.1, -0.05) is 12.1 Å². The molecule has 3 aromatic carbocycles. The lowest BCUT2D eigenvalue weighted by Gasteiger charge is -2.32. The van der Waals surface area contributed by atoms with Crippen LogP contribution >= 0.6 is 0 Å². The Morgan fingerprint density at radius 2 is 1.61 bits per heavy atom. The summed E-state index contributed by atoms with van der Waals surface area (Å²) in [5, 5.41) is 11.7. The maximum Gasteiger partial charge on any atom is 0.264 e. The number of fused-ring (bicyclic) bond motifs is 1. The van der Waals surface area contributed by atoms with Gasteiger partial charge >= 0.3 is 0 Å². The second-order valence-electron chi connectivity index (χ2n) is 16.5. The van der Waals surface area contributed by atoms with E-state index in [0.717, 1.165) is 56.3 Å². The van der Waals surface area contributed by atoms with Crippen molar-refractivity contribution in [2.75, 3.05) is 46.9 Å². The molecule has 61 heavy (non-hydrogen) atoms. The summed E-state index contributed by atoms with van der Waals surface area (Å²) < 4.78 is 56.6. The number of piperidine rings is 2. The van der Waals surface area contributed by atoms with Gasteiger partial charge in [0, 0.05) is 41.8 Å². The highest BCUT2D eigenvalue weighted by molar-refractivity contribution is 7.94. The zero-order valence-electron chi connectivity index (χ0n) is 34.4. The Balaban J connectivity index is 0.875. The van der Waals surface area contributed by atoms with Crippen LogP contribution in [-0.2, 0) is 19.6 Å². The Morgan fingerprint density at radius 3 is 2.33 bits per heavy atom. The number of sulfonamides is 1. The van der Waals surface area contributed by atoms with Crippen molar-refractivity contribution in [3.63, 3.8) is 0 Å². The molecule has 1 aromatic heterocycles. The number of carbonyl (C=O) groups excluding carboxylic acids is 4. The number of aromatic nitrogens is 2. The van der Waals surface area contributed by atoms with Gasteiger partial charge in [-0.15, -0.1) is 0 Å². The lowest BCUT2D eigenvalue weighted by Crippen LogP contribution is -2.54. The highest BCUT2D eigenvalue weighted by Crippen LogP contribution is 2.34. The van der Waals surface area contributed by atoms with E-state index in [0.29, 0.717) is 40.6 Å². The lowest BCUT2D eigenvalue weighted by molar-refractivity contribution is -0.136. The molecule has 4 aromatic rings. The Labute approximate surface area is 353 Å². The molecule has 4 heterocycles. The molecule has 0 radical (unpaired) electrons. The summed E-state index contributed by atoms with van der Waals surface area (Å²) in [7, 11) is -3.87. The Kier molecular flexibility index (Phi) is 12.4. The Hall–Kier alpha value is -6.01. The number of nitrogens with zero attached hydrogens (tertiary/aromatic N) is 4. The summed E-state index contributed by atoms with van der Waals surface area (Å²) in [5.41, 5.74) is 2.99. The van der Waals surface area contributed by atoms with Gasteiger partial charge < -0.3 is 20.9 Å². The van der Waals surface area contributed by atoms with E-state index in [1.165, 1.54) is 39.0 Å². The number of halogens is 2. The van der Waals surface area contributed by atoms with E-state index in [9.17, 15) is 32.0 Å². The molecule has 322 valence electrons. The van der Waals surface area contributed by atoms with Crippen LogP contribution in [0.2, 0.25) is 0 Å². The number of imide groups is 2. The molecule has 1 unspecified atom stereocenters. The number of unbranched alkanes of at least 4 members (excludes halogenated alkanes) is 1. The van der Waals surface area contributed by atoms with Gasteiger partial charge in [-0.3, -0.25) is 34.1 Å². The van der Waals surface area contributed by atoms with Gasteiger partial charge in [0.05, 0.1) is 21.6 Å². The number of hydrogen-bond donors (Lipinski definition) is 5. The third-order valence-corrected chi connectivity index (χ3v) is 13.3. The molecule has 2 saturated heterocycles. The third-order valence-electron chi connectivity index (χ3n) is 11.2. The van der Waals surface area contributed by atoms with Crippen LogP contribution in [0.3, 0.4) is 0 Å². The minimum atomic E-state index is -3.87. The predicted octanol–water partition coefficient (Wildman–Crippen LogP) is 6.56. The van der Waals surface area contributed by atoms with Crippen LogP contribution in [-0.4, -0.2) is 88.8 Å². The summed E-state index contributed by atoms with van der Waals surface area (Å²) in [6, 6.07) is 13.0. The molecule has 4 amide bonds. The van der Waals surface area contributed by atoms with Crippen LogP contribution in [0.1, 0.15) is 97.1 Å². The van der Waals surface area contributed by atoms with E-state index < -0.39 is 50.3 Å². The van der Waals surface area contributed by atoms with Gasteiger partial charge in [0.25, 0.3) is 11.8 Å². The molecule has 18 heteroatoms. The molecule has 7 rings (SSSR count). The van der Waals surface area contributed by atoms with E-state index >= 15 is 4.39 Å². The molecular weight excluding hydrogens is 809 g/mol. The molecule has 5 N–H and O–H groups in total. The molecule has 15 nitrogen and oxygen atoms in total. The van der Waals surface area contributed by atoms with Crippen LogP contribution in [0.4, 0.5) is 43.3 Å². The molecule has 0 aliphatic carbocycles. The van der Waals surface area contributed by atoms with Crippen LogP contribution in [0, 0.1) is 18.6 Å². The second kappa shape index (κ2) is 17.5. The second-order valence-corrected chi connectivity index (χ2v) is 19.0. The number of benzene rings is 3.